The summed E-state index contributed by atoms with van der Waals surface area (Å²) in [6, 6.07) is -0.317. The van der Waals surface area contributed by atoms with E-state index >= 15 is 0 Å². The highest BCUT2D eigenvalue weighted by molar-refractivity contribution is 5.89. The van der Waals surface area contributed by atoms with Gasteiger partial charge in [0.1, 0.15) is 6.04 Å². The third-order valence-corrected chi connectivity index (χ3v) is 3.27. The van der Waals surface area contributed by atoms with E-state index in [-0.39, 0.29) is 23.8 Å². The molecule has 2 fully saturated rings. The van der Waals surface area contributed by atoms with Crippen LogP contribution in [0, 0.1) is 5.92 Å². The summed E-state index contributed by atoms with van der Waals surface area (Å²) in [7, 11) is 0. The minimum absolute atomic E-state index is 0.0225. The second-order valence-corrected chi connectivity index (χ2v) is 4.54. The maximum atomic E-state index is 11.9. The van der Waals surface area contributed by atoms with E-state index in [1.165, 1.54) is 0 Å². The molecule has 0 saturated carbocycles. The molecule has 0 spiro atoms. The van der Waals surface area contributed by atoms with Gasteiger partial charge in [-0.15, -0.1) is 0 Å². The van der Waals surface area contributed by atoms with Crippen LogP contribution in [0.2, 0.25) is 0 Å². The topological polar surface area (TPSA) is 70.2 Å². The van der Waals surface area contributed by atoms with Crippen molar-refractivity contribution in [1.29, 1.82) is 0 Å². The van der Waals surface area contributed by atoms with Crippen LogP contribution >= 0.6 is 0 Å². The quantitative estimate of drug-likeness (QED) is 0.586. The summed E-state index contributed by atoms with van der Waals surface area (Å²) >= 11 is 0. The number of rotatable bonds is 2. The van der Waals surface area contributed by atoms with Crippen LogP contribution in [0.15, 0.2) is 0 Å². The van der Waals surface area contributed by atoms with E-state index in [1.54, 1.807) is 0 Å². The molecule has 2 saturated heterocycles. The standard InChI is InChI=1S/C11H19N3O2/c15-10(8-3-1-5-12-7-8)14-9-4-2-6-13-11(9)16/h8-9,12H,1-7H2,(H,13,16)(H,14,15)/t8-,9?/m1/s1. The maximum Gasteiger partial charge on any atom is 0.242 e. The van der Waals surface area contributed by atoms with Crippen LogP contribution in [-0.4, -0.2) is 37.5 Å². The first-order chi connectivity index (χ1) is 7.77. The molecule has 0 bridgehead atoms. The maximum absolute atomic E-state index is 11.9. The number of piperidine rings is 2. The molecule has 0 aromatic rings. The van der Waals surface area contributed by atoms with Crippen molar-refractivity contribution in [3.05, 3.63) is 0 Å². The fourth-order valence-corrected chi connectivity index (χ4v) is 2.27. The lowest BCUT2D eigenvalue weighted by molar-refractivity contribution is -0.132. The molecule has 5 heteroatoms. The van der Waals surface area contributed by atoms with Gasteiger partial charge in [-0.05, 0) is 32.2 Å². The average molecular weight is 225 g/mol. The Hall–Kier alpha value is -1.10. The van der Waals surface area contributed by atoms with E-state index in [4.69, 9.17) is 0 Å². The van der Waals surface area contributed by atoms with Gasteiger partial charge in [-0.1, -0.05) is 0 Å². The second-order valence-electron chi connectivity index (χ2n) is 4.54. The summed E-state index contributed by atoms with van der Waals surface area (Å²) in [5, 5.41) is 8.82. The van der Waals surface area contributed by atoms with Gasteiger partial charge in [0, 0.05) is 13.1 Å². The first-order valence-corrected chi connectivity index (χ1v) is 6.06. The fourth-order valence-electron chi connectivity index (χ4n) is 2.27. The summed E-state index contributed by atoms with van der Waals surface area (Å²) in [6.45, 7) is 2.46. The lowest BCUT2D eigenvalue weighted by Gasteiger charge is -2.27. The molecule has 2 aliphatic rings. The average Bonchev–Trinajstić information content (AvgIpc) is 2.33. The Morgan fingerprint density at radius 3 is 2.75 bits per heavy atom. The molecule has 90 valence electrons. The van der Waals surface area contributed by atoms with Crippen LogP contribution in [0.4, 0.5) is 0 Å². The van der Waals surface area contributed by atoms with Crippen molar-refractivity contribution in [2.24, 2.45) is 5.92 Å². The van der Waals surface area contributed by atoms with Gasteiger partial charge >= 0.3 is 0 Å². The lowest BCUT2D eigenvalue weighted by Crippen LogP contribution is -2.52. The summed E-state index contributed by atoms with van der Waals surface area (Å²) in [5.74, 6) is 0.0149. The van der Waals surface area contributed by atoms with E-state index in [9.17, 15) is 9.59 Å². The molecule has 5 nitrogen and oxygen atoms in total. The highest BCUT2D eigenvalue weighted by Gasteiger charge is 2.27. The molecule has 2 heterocycles. The fraction of sp³-hybridized carbons (Fsp3) is 0.818. The Bertz CT molecular complexity index is 274. The van der Waals surface area contributed by atoms with E-state index < -0.39 is 0 Å². The van der Waals surface area contributed by atoms with E-state index in [1.807, 2.05) is 0 Å². The molecule has 2 rings (SSSR count). The largest absolute Gasteiger partial charge is 0.354 e. The Kier molecular flexibility index (Phi) is 3.77. The van der Waals surface area contributed by atoms with Crippen LogP contribution < -0.4 is 16.0 Å². The number of carbonyl (C=O) groups is 2. The van der Waals surface area contributed by atoms with Crippen LogP contribution in [0.1, 0.15) is 25.7 Å². The van der Waals surface area contributed by atoms with Crippen LogP contribution in [-0.2, 0) is 9.59 Å². The predicted molar refractivity (Wildman–Crippen MR) is 59.8 cm³/mol. The van der Waals surface area contributed by atoms with Gasteiger partial charge in [-0.2, -0.15) is 0 Å². The molecule has 0 aromatic carbocycles. The van der Waals surface area contributed by atoms with E-state index in [2.05, 4.69) is 16.0 Å². The van der Waals surface area contributed by atoms with Crippen molar-refractivity contribution < 1.29 is 9.59 Å². The second kappa shape index (κ2) is 5.30. The van der Waals surface area contributed by atoms with Gasteiger partial charge in [0.25, 0.3) is 0 Å². The third-order valence-electron chi connectivity index (χ3n) is 3.27. The third kappa shape index (κ3) is 2.72. The predicted octanol–water partition coefficient (Wildman–Crippen LogP) is -0.619. The Balaban J connectivity index is 1.83. The molecule has 1 unspecified atom stereocenters. The van der Waals surface area contributed by atoms with Gasteiger partial charge in [0.05, 0.1) is 5.92 Å². The monoisotopic (exact) mass is 225 g/mol. The van der Waals surface area contributed by atoms with Crippen LogP contribution in [0.3, 0.4) is 0 Å². The molecule has 0 aliphatic carbocycles. The highest BCUT2D eigenvalue weighted by Crippen LogP contribution is 2.11. The molecular formula is C11H19N3O2. The molecular weight excluding hydrogens is 206 g/mol. The molecule has 16 heavy (non-hydrogen) atoms. The van der Waals surface area contributed by atoms with Gasteiger partial charge in [-0.3, -0.25) is 9.59 Å². The van der Waals surface area contributed by atoms with Gasteiger partial charge in [0.2, 0.25) is 11.8 Å². The highest BCUT2D eigenvalue weighted by atomic mass is 16.2. The zero-order valence-electron chi connectivity index (χ0n) is 9.42. The molecule has 0 radical (unpaired) electrons. The zero-order chi connectivity index (χ0) is 11.4. The zero-order valence-corrected chi connectivity index (χ0v) is 9.42. The number of carbonyl (C=O) groups excluding carboxylic acids is 2. The SMILES string of the molecule is O=C1NCCCC1NC(=O)[C@@H]1CCCNC1. The summed E-state index contributed by atoms with van der Waals surface area (Å²) in [6.07, 6.45) is 3.67. The molecule has 0 aromatic heterocycles. The first kappa shape index (κ1) is 11.4. The Morgan fingerprint density at radius 2 is 2.06 bits per heavy atom. The van der Waals surface area contributed by atoms with E-state index in [0.29, 0.717) is 0 Å². The normalized spacial score (nSPS) is 30.6. The van der Waals surface area contributed by atoms with Crippen molar-refractivity contribution >= 4 is 11.8 Å². The minimum atomic E-state index is -0.317. The van der Waals surface area contributed by atoms with Gasteiger partial charge < -0.3 is 16.0 Å². The van der Waals surface area contributed by atoms with Crippen molar-refractivity contribution in [3.63, 3.8) is 0 Å². The van der Waals surface area contributed by atoms with E-state index in [0.717, 1.165) is 45.3 Å². The van der Waals surface area contributed by atoms with Crippen molar-refractivity contribution in [2.75, 3.05) is 19.6 Å². The van der Waals surface area contributed by atoms with Crippen molar-refractivity contribution in [1.82, 2.24) is 16.0 Å². The number of hydrogen-bond donors (Lipinski definition) is 3. The number of amides is 2. The minimum Gasteiger partial charge on any atom is -0.354 e. The van der Waals surface area contributed by atoms with Gasteiger partial charge in [0.15, 0.2) is 0 Å². The molecule has 3 N–H and O–H groups in total. The summed E-state index contributed by atoms with van der Waals surface area (Å²) in [5.41, 5.74) is 0. The van der Waals surface area contributed by atoms with Crippen molar-refractivity contribution in [2.45, 2.75) is 31.7 Å². The van der Waals surface area contributed by atoms with Crippen LogP contribution in [0.25, 0.3) is 0 Å². The number of hydrogen-bond acceptors (Lipinski definition) is 3. The molecule has 2 aliphatic heterocycles. The summed E-state index contributed by atoms with van der Waals surface area (Å²) in [4.78, 5) is 23.4. The van der Waals surface area contributed by atoms with Crippen molar-refractivity contribution in [3.8, 4) is 0 Å². The smallest absolute Gasteiger partial charge is 0.242 e. The van der Waals surface area contributed by atoms with Crippen LogP contribution in [0.5, 0.6) is 0 Å². The number of nitrogens with one attached hydrogen (secondary N) is 3. The molecule has 2 atom stereocenters. The summed E-state index contributed by atoms with van der Waals surface area (Å²) < 4.78 is 0. The lowest BCUT2D eigenvalue weighted by atomic mass is 9.97. The molecule has 2 amide bonds. The Labute approximate surface area is 95.3 Å². The van der Waals surface area contributed by atoms with Gasteiger partial charge in [-0.25, -0.2) is 0 Å². The Morgan fingerprint density at radius 1 is 1.25 bits per heavy atom. The first-order valence-electron chi connectivity index (χ1n) is 6.06.